The van der Waals surface area contributed by atoms with Crippen LogP contribution in [0.15, 0.2) is 30.3 Å². The molecule has 0 unspecified atom stereocenters. The molecule has 130 valence electrons. The van der Waals surface area contributed by atoms with E-state index in [0.29, 0.717) is 5.75 Å². The fourth-order valence-corrected chi connectivity index (χ4v) is 2.02. The van der Waals surface area contributed by atoms with E-state index >= 15 is 0 Å². The molecule has 2 aromatic rings. The Labute approximate surface area is 140 Å². The second kappa shape index (κ2) is 8.67. The molecule has 0 bridgehead atoms. The lowest BCUT2D eigenvalue weighted by molar-refractivity contribution is 0.0696. The highest BCUT2D eigenvalue weighted by Crippen LogP contribution is 2.35. The monoisotopic (exact) mass is 334 g/mol. The summed E-state index contributed by atoms with van der Waals surface area (Å²) in [6.07, 6.45) is 3.31. The van der Waals surface area contributed by atoms with Crippen LogP contribution in [0.2, 0.25) is 0 Å². The number of rotatable bonds is 4. The average molecular weight is 334 g/mol. The van der Waals surface area contributed by atoms with Crippen molar-refractivity contribution in [2.75, 3.05) is 0 Å². The number of carbonyl (C=O) groups is 1. The second-order valence-electron chi connectivity index (χ2n) is 5.35. The predicted molar refractivity (Wildman–Crippen MR) is 89.9 cm³/mol. The van der Waals surface area contributed by atoms with Gasteiger partial charge in [-0.05, 0) is 43.0 Å². The Morgan fingerprint density at radius 3 is 2.08 bits per heavy atom. The number of hydrogen-bond donors (Lipinski definition) is 5. The molecule has 2 rings (SSSR count). The van der Waals surface area contributed by atoms with E-state index in [2.05, 4.69) is 6.92 Å². The third-order valence-electron chi connectivity index (χ3n) is 3.44. The van der Waals surface area contributed by atoms with Gasteiger partial charge in [0.1, 0.15) is 5.75 Å². The highest BCUT2D eigenvalue weighted by Gasteiger charge is 2.11. The summed E-state index contributed by atoms with van der Waals surface area (Å²) in [4.78, 5) is 10.3. The molecule has 0 aliphatic rings. The van der Waals surface area contributed by atoms with Crippen molar-refractivity contribution in [3.8, 4) is 23.0 Å². The van der Waals surface area contributed by atoms with Gasteiger partial charge in [-0.1, -0.05) is 31.5 Å². The highest BCUT2D eigenvalue weighted by atomic mass is 16.4. The third-order valence-corrected chi connectivity index (χ3v) is 3.44. The average Bonchev–Trinajstić information content (AvgIpc) is 2.54. The van der Waals surface area contributed by atoms with E-state index in [4.69, 9.17) is 20.4 Å². The van der Waals surface area contributed by atoms with E-state index in [1.165, 1.54) is 6.42 Å². The molecule has 5 N–H and O–H groups in total. The molecular formula is C18H22O6. The number of carboxylic acids is 1. The summed E-state index contributed by atoms with van der Waals surface area (Å²) >= 11 is 0. The first-order valence-electron chi connectivity index (χ1n) is 7.53. The highest BCUT2D eigenvalue weighted by molar-refractivity contribution is 5.89. The standard InChI is InChI=1S/C11H16O.C7H6O5/c1-3-4-7-10-8-5-6-9(2)11(10)12;8-4-1-3(7(11)12)2-5(9)6(4)10/h5-6,8,12H,3-4,7H2,1-2H3;1-2,8-10H,(H,11,12). The lowest BCUT2D eigenvalue weighted by atomic mass is 10.0. The van der Waals surface area contributed by atoms with Gasteiger partial charge in [-0.3, -0.25) is 0 Å². The maximum absolute atomic E-state index is 10.3. The molecule has 0 radical (unpaired) electrons. The van der Waals surface area contributed by atoms with Gasteiger partial charge in [0, 0.05) is 0 Å². The second-order valence-corrected chi connectivity index (χ2v) is 5.35. The first-order valence-corrected chi connectivity index (χ1v) is 7.53. The van der Waals surface area contributed by atoms with Crippen molar-refractivity contribution in [3.63, 3.8) is 0 Å². The number of phenolic OH excluding ortho intramolecular Hbond substituents is 4. The largest absolute Gasteiger partial charge is 0.507 e. The fraction of sp³-hybridized carbons (Fsp3) is 0.278. The fourth-order valence-electron chi connectivity index (χ4n) is 2.02. The molecule has 2 aromatic carbocycles. The Morgan fingerprint density at radius 2 is 1.58 bits per heavy atom. The molecule has 0 heterocycles. The maximum atomic E-state index is 10.3. The van der Waals surface area contributed by atoms with E-state index < -0.39 is 23.2 Å². The lowest BCUT2D eigenvalue weighted by Gasteiger charge is -2.05. The quantitative estimate of drug-likeness (QED) is 0.546. The van der Waals surface area contributed by atoms with Gasteiger partial charge in [-0.2, -0.15) is 0 Å². The van der Waals surface area contributed by atoms with Crippen LogP contribution >= 0.6 is 0 Å². The van der Waals surface area contributed by atoms with Crippen molar-refractivity contribution < 1.29 is 30.3 Å². The number of aromatic carboxylic acids is 1. The molecule has 0 saturated heterocycles. The molecule has 0 aliphatic carbocycles. The third kappa shape index (κ3) is 5.08. The van der Waals surface area contributed by atoms with Crippen molar-refractivity contribution in [3.05, 3.63) is 47.0 Å². The minimum absolute atomic E-state index is 0.289. The van der Waals surface area contributed by atoms with Gasteiger partial charge < -0.3 is 25.5 Å². The minimum Gasteiger partial charge on any atom is -0.507 e. The molecule has 0 atom stereocenters. The maximum Gasteiger partial charge on any atom is 0.335 e. The minimum atomic E-state index is -1.29. The first-order chi connectivity index (χ1) is 11.3. The summed E-state index contributed by atoms with van der Waals surface area (Å²) in [6, 6.07) is 7.62. The number of benzene rings is 2. The summed E-state index contributed by atoms with van der Waals surface area (Å²) in [5.74, 6) is -2.86. The smallest absolute Gasteiger partial charge is 0.335 e. The van der Waals surface area contributed by atoms with Crippen molar-refractivity contribution in [1.82, 2.24) is 0 Å². The van der Waals surface area contributed by atoms with Crippen LogP contribution in [-0.2, 0) is 6.42 Å². The summed E-state index contributed by atoms with van der Waals surface area (Å²) in [6.45, 7) is 4.09. The Balaban J connectivity index is 0.000000240. The topological polar surface area (TPSA) is 118 Å². The molecule has 0 saturated carbocycles. The summed E-state index contributed by atoms with van der Waals surface area (Å²) in [5.41, 5.74) is 1.77. The first kappa shape index (κ1) is 19.2. The van der Waals surface area contributed by atoms with Crippen molar-refractivity contribution in [1.29, 1.82) is 0 Å². The van der Waals surface area contributed by atoms with Gasteiger partial charge >= 0.3 is 5.97 Å². The van der Waals surface area contributed by atoms with E-state index in [-0.39, 0.29) is 5.56 Å². The number of aryl methyl sites for hydroxylation is 2. The predicted octanol–water partition coefficient (Wildman–Crippen LogP) is 3.54. The number of aromatic hydroxyl groups is 4. The number of para-hydroxylation sites is 1. The Morgan fingerprint density at radius 1 is 1.00 bits per heavy atom. The molecule has 0 amide bonds. The van der Waals surface area contributed by atoms with Crippen LogP contribution in [0.4, 0.5) is 0 Å². The van der Waals surface area contributed by atoms with Crippen molar-refractivity contribution in [2.45, 2.75) is 33.1 Å². The van der Waals surface area contributed by atoms with E-state index in [0.717, 1.165) is 36.1 Å². The molecule has 6 heteroatoms. The zero-order chi connectivity index (χ0) is 18.3. The van der Waals surface area contributed by atoms with Crippen LogP contribution in [0, 0.1) is 6.92 Å². The zero-order valence-electron chi connectivity index (χ0n) is 13.7. The van der Waals surface area contributed by atoms with Crippen LogP contribution < -0.4 is 0 Å². The van der Waals surface area contributed by atoms with Gasteiger partial charge in [0.25, 0.3) is 0 Å². The summed E-state index contributed by atoms with van der Waals surface area (Å²) < 4.78 is 0. The summed E-state index contributed by atoms with van der Waals surface area (Å²) in [5, 5.41) is 44.6. The Kier molecular flexibility index (Phi) is 6.92. The molecule has 0 spiro atoms. The van der Waals surface area contributed by atoms with Gasteiger partial charge in [0.2, 0.25) is 0 Å². The van der Waals surface area contributed by atoms with Crippen molar-refractivity contribution >= 4 is 5.97 Å². The number of phenols is 4. The van der Waals surface area contributed by atoms with Gasteiger partial charge in [-0.15, -0.1) is 0 Å². The van der Waals surface area contributed by atoms with Crippen LogP contribution in [-0.4, -0.2) is 31.5 Å². The molecule has 0 fully saturated rings. The molecule has 24 heavy (non-hydrogen) atoms. The number of carboxylic acid groups (broad SMARTS) is 1. The van der Waals surface area contributed by atoms with E-state index in [1.54, 1.807) is 0 Å². The summed E-state index contributed by atoms with van der Waals surface area (Å²) in [7, 11) is 0. The Hall–Kier alpha value is -2.89. The van der Waals surface area contributed by atoms with Crippen LogP contribution in [0.3, 0.4) is 0 Å². The van der Waals surface area contributed by atoms with Crippen LogP contribution in [0.25, 0.3) is 0 Å². The van der Waals surface area contributed by atoms with Gasteiger partial charge in [0.05, 0.1) is 5.56 Å². The normalized spacial score (nSPS) is 9.92. The van der Waals surface area contributed by atoms with Crippen molar-refractivity contribution in [2.24, 2.45) is 0 Å². The Bertz CT molecular complexity index is 686. The molecular weight excluding hydrogens is 312 g/mol. The van der Waals surface area contributed by atoms with Gasteiger partial charge in [0.15, 0.2) is 17.2 Å². The lowest BCUT2D eigenvalue weighted by Crippen LogP contribution is -1.95. The molecule has 6 nitrogen and oxygen atoms in total. The van der Waals surface area contributed by atoms with E-state index in [9.17, 15) is 9.90 Å². The number of unbranched alkanes of at least 4 members (excludes halogenated alkanes) is 1. The SMILES string of the molecule is CCCCc1cccc(C)c1O.O=C(O)c1cc(O)c(O)c(O)c1. The van der Waals surface area contributed by atoms with Gasteiger partial charge in [-0.25, -0.2) is 4.79 Å². The van der Waals surface area contributed by atoms with Crippen LogP contribution in [0.1, 0.15) is 41.3 Å². The number of hydrogen-bond acceptors (Lipinski definition) is 5. The molecule has 0 aromatic heterocycles. The van der Waals surface area contributed by atoms with E-state index in [1.807, 2.05) is 25.1 Å². The molecule has 0 aliphatic heterocycles. The van der Waals surface area contributed by atoms with Crippen LogP contribution in [0.5, 0.6) is 23.0 Å². The zero-order valence-corrected chi connectivity index (χ0v) is 13.7.